The van der Waals surface area contributed by atoms with Crippen molar-refractivity contribution in [3.05, 3.63) is 89.7 Å². The summed E-state index contributed by atoms with van der Waals surface area (Å²) in [5.41, 5.74) is 24.9. The minimum atomic E-state index is -0.320. The van der Waals surface area contributed by atoms with E-state index in [2.05, 4.69) is 16.8 Å². The molecule has 2 aromatic rings. The van der Waals surface area contributed by atoms with Crippen molar-refractivity contribution in [2.45, 2.75) is 38.3 Å². The van der Waals surface area contributed by atoms with Gasteiger partial charge < -0.3 is 27.4 Å². The standard InChI is InChI=1S/C27H33FN6/c1-3-7-25(34-15-18(29)14-19(30)16-34)23(4-2)32-26(17-10-11-17)27-22(31)12-13-24(33-27)20-8-5-6-9-21(20)28/h3-9,12-13,18-19,32H,2,10-11,14-16,29-31H2,1H3/b7-3-,25-23-/t18-,19+. The summed E-state index contributed by atoms with van der Waals surface area (Å²) < 4.78 is 14.5. The molecule has 1 saturated heterocycles. The van der Waals surface area contributed by atoms with Crippen LogP contribution in [0, 0.1) is 5.82 Å². The molecule has 0 radical (unpaired) electrons. The van der Waals surface area contributed by atoms with Crippen LogP contribution in [0.15, 0.2) is 78.2 Å². The van der Waals surface area contributed by atoms with Gasteiger partial charge in [-0.05, 0) is 68.2 Å². The summed E-state index contributed by atoms with van der Waals surface area (Å²) in [6.07, 6.45) is 8.53. The fourth-order valence-electron chi connectivity index (χ4n) is 4.37. The molecule has 34 heavy (non-hydrogen) atoms. The van der Waals surface area contributed by atoms with Crippen molar-refractivity contribution < 1.29 is 4.39 Å². The number of hydrogen-bond acceptors (Lipinski definition) is 6. The molecule has 2 heterocycles. The molecular weight excluding hydrogens is 427 g/mol. The predicted octanol–water partition coefficient (Wildman–Crippen LogP) is 3.90. The Morgan fingerprint density at radius 1 is 1.15 bits per heavy atom. The highest BCUT2D eigenvalue weighted by atomic mass is 19.1. The lowest BCUT2D eigenvalue weighted by Crippen LogP contribution is -2.51. The maximum absolute atomic E-state index is 14.5. The minimum absolute atomic E-state index is 0.00564. The number of benzene rings is 1. The van der Waals surface area contributed by atoms with Crippen molar-refractivity contribution in [2.24, 2.45) is 11.5 Å². The summed E-state index contributed by atoms with van der Waals surface area (Å²) in [7, 11) is 0. The lowest BCUT2D eigenvalue weighted by Gasteiger charge is -2.37. The first-order valence-corrected chi connectivity index (χ1v) is 11.7. The van der Waals surface area contributed by atoms with Crippen LogP contribution in [0.25, 0.3) is 17.0 Å². The number of hydrogen-bond donors (Lipinski definition) is 4. The van der Waals surface area contributed by atoms with Crippen LogP contribution >= 0.6 is 0 Å². The van der Waals surface area contributed by atoms with Crippen LogP contribution in [-0.4, -0.2) is 35.1 Å². The second-order valence-corrected chi connectivity index (χ2v) is 8.88. The molecule has 1 aromatic heterocycles. The molecule has 0 spiro atoms. The van der Waals surface area contributed by atoms with E-state index in [1.807, 2.05) is 19.1 Å². The Hall–Kier alpha value is -3.42. The number of nitrogens with zero attached hydrogens (tertiary/aromatic N) is 2. The predicted molar refractivity (Wildman–Crippen MR) is 138 cm³/mol. The van der Waals surface area contributed by atoms with Gasteiger partial charge in [-0.3, -0.25) is 0 Å². The first kappa shape index (κ1) is 23.7. The van der Waals surface area contributed by atoms with Gasteiger partial charge >= 0.3 is 0 Å². The summed E-state index contributed by atoms with van der Waals surface area (Å²) in [6.45, 7) is 7.45. The normalized spacial score (nSPS) is 20.8. The van der Waals surface area contributed by atoms with Gasteiger partial charge in [-0.15, -0.1) is 0 Å². The van der Waals surface area contributed by atoms with Crippen molar-refractivity contribution in [3.63, 3.8) is 0 Å². The number of pyridine rings is 1. The highest BCUT2D eigenvalue weighted by Gasteiger charge is 2.27. The average Bonchev–Trinajstić information content (AvgIpc) is 3.65. The van der Waals surface area contributed by atoms with Crippen LogP contribution in [0.2, 0.25) is 0 Å². The van der Waals surface area contributed by atoms with Crippen molar-refractivity contribution >= 4 is 11.4 Å². The fourth-order valence-corrected chi connectivity index (χ4v) is 4.37. The van der Waals surface area contributed by atoms with Gasteiger partial charge in [-0.2, -0.15) is 0 Å². The molecule has 1 aliphatic carbocycles. The van der Waals surface area contributed by atoms with Crippen LogP contribution in [-0.2, 0) is 0 Å². The van der Waals surface area contributed by atoms with E-state index >= 15 is 0 Å². The summed E-state index contributed by atoms with van der Waals surface area (Å²) in [4.78, 5) is 6.98. The zero-order valence-electron chi connectivity index (χ0n) is 19.6. The third-order valence-corrected chi connectivity index (χ3v) is 6.09. The maximum atomic E-state index is 14.5. The molecule has 1 saturated carbocycles. The third-order valence-electron chi connectivity index (χ3n) is 6.09. The van der Waals surface area contributed by atoms with Gasteiger partial charge in [0.25, 0.3) is 0 Å². The lowest BCUT2D eigenvalue weighted by molar-refractivity contribution is 0.239. The number of allylic oxidation sites excluding steroid dienone is 4. The molecule has 0 unspecified atom stereocenters. The molecule has 7 N–H and O–H groups in total. The SMILES string of the molecule is C=C/C(NC(=C1CC1)c1nc(-c2ccccc2F)ccc1N)=C(\C=C/C)N1C[C@H](N)C[C@H](N)C1. The Labute approximate surface area is 200 Å². The molecule has 7 heteroatoms. The number of likely N-dealkylation sites (tertiary alicyclic amines) is 1. The van der Waals surface area contributed by atoms with E-state index in [9.17, 15) is 4.39 Å². The van der Waals surface area contributed by atoms with Gasteiger partial charge in [0.05, 0.1) is 28.5 Å². The van der Waals surface area contributed by atoms with Gasteiger partial charge in [0, 0.05) is 30.7 Å². The molecule has 1 aliphatic heterocycles. The molecule has 6 nitrogen and oxygen atoms in total. The number of nitrogen functional groups attached to an aromatic ring is 1. The van der Waals surface area contributed by atoms with E-state index in [4.69, 9.17) is 22.2 Å². The Kier molecular flexibility index (Phi) is 7.14. The molecule has 0 amide bonds. The second-order valence-electron chi connectivity index (χ2n) is 8.88. The van der Waals surface area contributed by atoms with E-state index in [0.717, 1.165) is 36.4 Å². The molecule has 2 fully saturated rings. The van der Waals surface area contributed by atoms with Crippen LogP contribution in [0.5, 0.6) is 0 Å². The van der Waals surface area contributed by atoms with Crippen LogP contribution < -0.4 is 22.5 Å². The van der Waals surface area contributed by atoms with E-state index in [-0.39, 0.29) is 17.9 Å². The monoisotopic (exact) mass is 460 g/mol. The topological polar surface area (TPSA) is 106 Å². The lowest BCUT2D eigenvalue weighted by atomic mass is 10.0. The second kappa shape index (κ2) is 10.2. The molecular formula is C27H33FN6. The summed E-state index contributed by atoms with van der Waals surface area (Å²) in [5.74, 6) is -0.320. The largest absolute Gasteiger partial charge is 0.397 e. The molecule has 2 atom stereocenters. The number of aromatic nitrogens is 1. The highest BCUT2D eigenvalue weighted by Crippen LogP contribution is 2.38. The molecule has 1 aromatic carbocycles. The van der Waals surface area contributed by atoms with Gasteiger partial charge in [0.1, 0.15) is 11.5 Å². The van der Waals surface area contributed by atoms with Gasteiger partial charge in [-0.1, -0.05) is 24.8 Å². The van der Waals surface area contributed by atoms with Crippen molar-refractivity contribution in [1.29, 1.82) is 0 Å². The maximum Gasteiger partial charge on any atom is 0.132 e. The van der Waals surface area contributed by atoms with E-state index in [1.54, 1.807) is 36.4 Å². The fraction of sp³-hybridized carbons (Fsp3) is 0.296. The van der Waals surface area contributed by atoms with Crippen molar-refractivity contribution in [3.8, 4) is 11.3 Å². The molecule has 4 rings (SSSR count). The Morgan fingerprint density at radius 3 is 2.47 bits per heavy atom. The highest BCUT2D eigenvalue weighted by molar-refractivity contribution is 5.78. The number of piperidine rings is 1. The van der Waals surface area contributed by atoms with Crippen molar-refractivity contribution in [1.82, 2.24) is 15.2 Å². The Balaban J connectivity index is 1.75. The van der Waals surface area contributed by atoms with Gasteiger partial charge in [-0.25, -0.2) is 9.37 Å². The van der Waals surface area contributed by atoms with E-state index in [1.165, 1.54) is 11.6 Å². The number of rotatable bonds is 7. The smallest absolute Gasteiger partial charge is 0.132 e. The number of nitrogens with one attached hydrogen (secondary N) is 1. The Bertz CT molecular complexity index is 1150. The number of halogens is 1. The van der Waals surface area contributed by atoms with Gasteiger partial charge in [0.2, 0.25) is 0 Å². The van der Waals surface area contributed by atoms with E-state index < -0.39 is 0 Å². The molecule has 0 bridgehead atoms. The quantitative estimate of drug-likeness (QED) is 0.467. The zero-order valence-corrected chi connectivity index (χ0v) is 19.6. The molecule has 2 aliphatic rings. The van der Waals surface area contributed by atoms with Gasteiger partial charge in [0.15, 0.2) is 0 Å². The average molecular weight is 461 g/mol. The van der Waals surface area contributed by atoms with Crippen LogP contribution in [0.1, 0.15) is 31.9 Å². The summed E-state index contributed by atoms with van der Waals surface area (Å²) >= 11 is 0. The van der Waals surface area contributed by atoms with Crippen LogP contribution in [0.3, 0.4) is 0 Å². The third kappa shape index (κ3) is 5.21. The summed E-state index contributed by atoms with van der Waals surface area (Å²) in [5, 5.41) is 3.56. The van der Waals surface area contributed by atoms with Crippen molar-refractivity contribution in [2.75, 3.05) is 18.8 Å². The Morgan fingerprint density at radius 2 is 1.85 bits per heavy atom. The first-order valence-electron chi connectivity index (χ1n) is 11.7. The number of anilines is 1. The van der Waals surface area contributed by atoms with E-state index in [0.29, 0.717) is 35.7 Å². The molecule has 178 valence electrons. The number of nitrogens with two attached hydrogens (primary N) is 3. The zero-order chi connectivity index (χ0) is 24.2. The summed E-state index contributed by atoms with van der Waals surface area (Å²) in [6, 6.07) is 10.2. The first-order chi connectivity index (χ1) is 16.4. The minimum Gasteiger partial charge on any atom is -0.397 e. The van der Waals surface area contributed by atoms with Crippen LogP contribution in [0.4, 0.5) is 10.1 Å².